The molecule has 0 bridgehead atoms. The zero-order valence-electron chi connectivity index (χ0n) is 13.4. The molecule has 0 atom stereocenters. The smallest absolute Gasteiger partial charge is 0.416 e. The summed E-state index contributed by atoms with van der Waals surface area (Å²) in [4.78, 5) is -1.53. The van der Waals surface area contributed by atoms with Crippen LogP contribution in [0.3, 0.4) is 0 Å². The van der Waals surface area contributed by atoms with Gasteiger partial charge in [-0.25, -0.2) is 22.0 Å². The Kier molecular flexibility index (Phi) is 5.66. The Labute approximate surface area is 158 Å². The topological polar surface area (TPSA) is 116 Å². The van der Waals surface area contributed by atoms with E-state index in [9.17, 15) is 30.0 Å². The standard InChI is InChI=1S/C14H12ClF3N2O5S2/c1-25-10-3-2-4-11(26(19,21)22)13(10)20-27(23,24)12-7-8(14(16,17)18)5-6-9(12)15/h2-7,20H,1H3,(H2,19,21,22). The van der Waals surface area contributed by atoms with Crippen LogP contribution < -0.4 is 14.6 Å². The molecule has 27 heavy (non-hydrogen) atoms. The number of methoxy groups -OCH3 is 1. The van der Waals surface area contributed by atoms with Gasteiger partial charge in [-0.3, -0.25) is 4.72 Å². The number of sulfonamides is 2. The van der Waals surface area contributed by atoms with Crippen molar-refractivity contribution in [2.45, 2.75) is 16.0 Å². The number of para-hydroxylation sites is 1. The van der Waals surface area contributed by atoms with Crippen LogP contribution in [0.4, 0.5) is 18.9 Å². The molecule has 3 N–H and O–H groups in total. The van der Waals surface area contributed by atoms with Crippen LogP contribution >= 0.6 is 11.6 Å². The second-order valence-corrected chi connectivity index (χ2v) is 8.71. The molecule has 0 aliphatic carbocycles. The number of primary sulfonamides is 1. The molecule has 0 saturated heterocycles. The van der Waals surface area contributed by atoms with Gasteiger partial charge in [0.05, 0.1) is 17.7 Å². The summed E-state index contributed by atoms with van der Waals surface area (Å²) in [5.41, 5.74) is -1.81. The summed E-state index contributed by atoms with van der Waals surface area (Å²) in [7, 11) is -7.97. The van der Waals surface area contributed by atoms with Crippen molar-refractivity contribution in [1.82, 2.24) is 0 Å². The van der Waals surface area contributed by atoms with Gasteiger partial charge in [0.2, 0.25) is 10.0 Å². The van der Waals surface area contributed by atoms with E-state index in [4.69, 9.17) is 21.5 Å². The van der Waals surface area contributed by atoms with Crippen LogP contribution in [0.2, 0.25) is 5.02 Å². The lowest BCUT2D eigenvalue weighted by molar-refractivity contribution is -0.137. The number of nitrogens with one attached hydrogen (secondary N) is 1. The van der Waals surface area contributed by atoms with Crippen molar-refractivity contribution in [2.24, 2.45) is 5.14 Å². The maximum absolute atomic E-state index is 12.9. The molecule has 0 unspecified atom stereocenters. The van der Waals surface area contributed by atoms with Crippen molar-refractivity contribution >= 4 is 37.3 Å². The molecule has 0 aliphatic rings. The van der Waals surface area contributed by atoms with Crippen LogP contribution in [0.25, 0.3) is 0 Å². The van der Waals surface area contributed by atoms with Gasteiger partial charge in [-0.05, 0) is 30.3 Å². The van der Waals surface area contributed by atoms with Gasteiger partial charge >= 0.3 is 6.18 Å². The number of halogens is 4. The lowest BCUT2D eigenvalue weighted by atomic mass is 10.2. The van der Waals surface area contributed by atoms with E-state index in [0.717, 1.165) is 19.2 Å². The number of nitrogens with two attached hydrogens (primary N) is 1. The third-order valence-electron chi connectivity index (χ3n) is 3.30. The fraction of sp³-hybridized carbons (Fsp3) is 0.143. The monoisotopic (exact) mass is 444 g/mol. The summed E-state index contributed by atoms with van der Waals surface area (Å²) >= 11 is 5.74. The molecule has 148 valence electrons. The molecule has 0 spiro atoms. The minimum absolute atomic E-state index is 0.215. The first-order valence-electron chi connectivity index (χ1n) is 6.87. The number of benzene rings is 2. The molecule has 2 aromatic rings. The van der Waals surface area contributed by atoms with E-state index in [0.29, 0.717) is 12.1 Å². The predicted octanol–water partition coefficient (Wildman–Crippen LogP) is 2.82. The highest BCUT2D eigenvalue weighted by atomic mass is 35.5. The van der Waals surface area contributed by atoms with Gasteiger partial charge in [0.1, 0.15) is 21.2 Å². The molecule has 2 rings (SSSR count). The highest BCUT2D eigenvalue weighted by Gasteiger charge is 2.33. The lowest BCUT2D eigenvalue weighted by Crippen LogP contribution is -2.20. The van der Waals surface area contributed by atoms with E-state index in [-0.39, 0.29) is 5.75 Å². The average Bonchev–Trinajstić information content (AvgIpc) is 2.52. The van der Waals surface area contributed by atoms with Gasteiger partial charge in [-0.15, -0.1) is 0 Å². The molecule has 0 saturated carbocycles. The fourth-order valence-electron chi connectivity index (χ4n) is 2.09. The molecule has 7 nitrogen and oxygen atoms in total. The van der Waals surface area contributed by atoms with Crippen LogP contribution in [-0.4, -0.2) is 23.9 Å². The van der Waals surface area contributed by atoms with Crippen LogP contribution in [0, 0.1) is 0 Å². The van der Waals surface area contributed by atoms with Crippen LogP contribution in [0.5, 0.6) is 5.75 Å². The first kappa shape index (κ1) is 21.3. The Morgan fingerprint density at radius 3 is 2.22 bits per heavy atom. The van der Waals surface area contributed by atoms with Crippen molar-refractivity contribution in [3.05, 3.63) is 47.0 Å². The van der Waals surface area contributed by atoms with Gasteiger partial charge in [-0.1, -0.05) is 17.7 Å². The molecule has 0 aromatic heterocycles. The normalized spacial score (nSPS) is 12.7. The Morgan fingerprint density at radius 2 is 1.70 bits per heavy atom. The van der Waals surface area contributed by atoms with E-state index >= 15 is 0 Å². The number of ether oxygens (including phenoxy) is 1. The fourth-order valence-corrected chi connectivity index (χ4v) is 4.48. The Morgan fingerprint density at radius 1 is 1.07 bits per heavy atom. The molecule has 2 aromatic carbocycles. The minimum Gasteiger partial charge on any atom is -0.495 e. The van der Waals surface area contributed by atoms with Crippen molar-refractivity contribution < 1.29 is 34.7 Å². The van der Waals surface area contributed by atoms with E-state index < -0.39 is 52.3 Å². The molecule has 0 heterocycles. The van der Waals surface area contributed by atoms with E-state index in [1.807, 2.05) is 4.72 Å². The zero-order chi connectivity index (χ0) is 20.6. The quantitative estimate of drug-likeness (QED) is 0.735. The highest BCUT2D eigenvalue weighted by Crippen LogP contribution is 2.36. The summed E-state index contributed by atoms with van der Waals surface area (Å²) in [6.07, 6.45) is -4.81. The molecule has 0 amide bonds. The van der Waals surface area contributed by atoms with E-state index in [1.165, 1.54) is 12.1 Å². The second-order valence-electron chi connectivity index (χ2n) is 5.13. The molecule has 0 radical (unpaired) electrons. The van der Waals surface area contributed by atoms with Crippen LogP contribution in [-0.2, 0) is 26.2 Å². The Hall–Kier alpha value is -2.02. The number of alkyl halides is 3. The van der Waals surface area contributed by atoms with E-state index in [1.54, 1.807) is 0 Å². The largest absolute Gasteiger partial charge is 0.495 e. The maximum Gasteiger partial charge on any atom is 0.416 e. The van der Waals surface area contributed by atoms with Gasteiger partial charge in [0.25, 0.3) is 10.0 Å². The first-order chi connectivity index (χ1) is 12.3. The Bertz CT molecular complexity index is 1090. The number of hydrogen-bond acceptors (Lipinski definition) is 5. The SMILES string of the molecule is COc1cccc(S(N)(=O)=O)c1NS(=O)(=O)c1cc(C(F)(F)F)ccc1Cl. The summed E-state index contributed by atoms with van der Waals surface area (Å²) in [6, 6.07) is 5.19. The van der Waals surface area contributed by atoms with Gasteiger partial charge in [0.15, 0.2) is 0 Å². The van der Waals surface area contributed by atoms with E-state index in [2.05, 4.69) is 0 Å². The third-order valence-corrected chi connectivity index (χ3v) is 6.08. The zero-order valence-corrected chi connectivity index (χ0v) is 15.8. The van der Waals surface area contributed by atoms with Gasteiger partial charge in [-0.2, -0.15) is 13.2 Å². The number of hydrogen-bond donors (Lipinski definition) is 2. The Balaban J connectivity index is 2.66. The number of rotatable bonds is 5. The lowest BCUT2D eigenvalue weighted by Gasteiger charge is -2.16. The minimum atomic E-state index is -4.81. The van der Waals surface area contributed by atoms with Gasteiger partial charge in [0, 0.05) is 0 Å². The molecular weight excluding hydrogens is 433 g/mol. The molecule has 13 heteroatoms. The van der Waals surface area contributed by atoms with Crippen molar-refractivity contribution in [1.29, 1.82) is 0 Å². The van der Waals surface area contributed by atoms with Crippen LogP contribution in [0.1, 0.15) is 5.56 Å². The second kappa shape index (κ2) is 7.19. The predicted molar refractivity (Wildman–Crippen MR) is 91.6 cm³/mol. The molecule has 0 fully saturated rings. The maximum atomic E-state index is 12.9. The molecule has 0 aliphatic heterocycles. The molecular formula is C14H12ClF3N2O5S2. The van der Waals surface area contributed by atoms with Crippen LogP contribution in [0.15, 0.2) is 46.2 Å². The first-order valence-corrected chi connectivity index (χ1v) is 10.3. The highest BCUT2D eigenvalue weighted by molar-refractivity contribution is 7.93. The average molecular weight is 445 g/mol. The number of anilines is 1. The van der Waals surface area contributed by atoms with Gasteiger partial charge < -0.3 is 4.74 Å². The summed E-state index contributed by atoms with van der Waals surface area (Å²) in [6.45, 7) is 0. The van der Waals surface area contributed by atoms with Crippen molar-refractivity contribution in [3.8, 4) is 5.75 Å². The third kappa shape index (κ3) is 4.64. The van der Waals surface area contributed by atoms with Crippen molar-refractivity contribution in [3.63, 3.8) is 0 Å². The summed E-state index contributed by atoms with van der Waals surface area (Å²) < 4.78 is 94.0. The summed E-state index contributed by atoms with van der Waals surface area (Å²) in [5.74, 6) is -0.215. The summed E-state index contributed by atoms with van der Waals surface area (Å²) in [5, 5.41) is 4.56. The van der Waals surface area contributed by atoms with Crippen molar-refractivity contribution in [2.75, 3.05) is 11.8 Å².